The fourth-order valence-electron chi connectivity index (χ4n) is 1.52. The number of hydrazone groups is 1. The Morgan fingerprint density at radius 2 is 1.81 bits per heavy atom. The Hall–Kier alpha value is -2.28. The summed E-state index contributed by atoms with van der Waals surface area (Å²) in [4.78, 5) is 0. The van der Waals surface area contributed by atoms with Crippen LogP contribution in [0, 0.1) is 0 Å². The molecule has 1 aromatic rings. The molecule has 0 spiro atoms. The number of nitrogens with one attached hydrogen (secondary N) is 2. The fourth-order valence-corrected chi connectivity index (χ4v) is 1.65. The molecule has 0 unspecified atom stereocenters. The van der Waals surface area contributed by atoms with Crippen LogP contribution in [-0.2, 0) is 0 Å². The molecule has 0 radical (unpaired) electrons. The summed E-state index contributed by atoms with van der Waals surface area (Å²) >= 11 is 5.02. The first-order valence-electron chi connectivity index (χ1n) is 6.14. The number of ether oxygens (including phenoxy) is 3. The van der Waals surface area contributed by atoms with Gasteiger partial charge in [-0.2, -0.15) is 5.10 Å². The Morgan fingerprint density at radius 1 is 1.19 bits per heavy atom. The molecule has 0 amide bonds. The summed E-state index contributed by atoms with van der Waals surface area (Å²) in [5, 5.41) is 7.35. The highest BCUT2D eigenvalue weighted by atomic mass is 32.1. The molecule has 1 aromatic carbocycles. The van der Waals surface area contributed by atoms with Gasteiger partial charge in [0.25, 0.3) is 0 Å². The number of hydrogen-bond acceptors (Lipinski definition) is 5. The van der Waals surface area contributed by atoms with Crippen LogP contribution in [0.4, 0.5) is 0 Å². The summed E-state index contributed by atoms with van der Waals surface area (Å²) in [6, 6.07) is 3.50. The molecule has 0 bridgehead atoms. The zero-order chi connectivity index (χ0) is 15.7. The highest BCUT2D eigenvalue weighted by Crippen LogP contribution is 2.33. The van der Waals surface area contributed by atoms with Crippen molar-refractivity contribution in [2.75, 3.05) is 27.9 Å². The molecule has 0 heterocycles. The van der Waals surface area contributed by atoms with Crippen molar-refractivity contribution in [3.8, 4) is 17.2 Å². The molecule has 0 aliphatic rings. The summed E-state index contributed by atoms with van der Waals surface area (Å²) in [6.07, 6.45) is 3.29. The minimum Gasteiger partial charge on any atom is -0.496 e. The van der Waals surface area contributed by atoms with Crippen LogP contribution >= 0.6 is 12.2 Å². The van der Waals surface area contributed by atoms with Crippen LogP contribution in [0.1, 0.15) is 5.56 Å². The molecule has 0 aliphatic carbocycles. The van der Waals surface area contributed by atoms with E-state index in [2.05, 4.69) is 22.4 Å². The van der Waals surface area contributed by atoms with E-state index >= 15 is 0 Å². The van der Waals surface area contributed by atoms with Crippen molar-refractivity contribution >= 4 is 23.5 Å². The van der Waals surface area contributed by atoms with Crippen molar-refractivity contribution in [1.82, 2.24) is 10.7 Å². The van der Waals surface area contributed by atoms with E-state index in [4.69, 9.17) is 26.4 Å². The lowest BCUT2D eigenvalue weighted by molar-refractivity contribution is 0.349. The van der Waals surface area contributed by atoms with Crippen LogP contribution in [-0.4, -0.2) is 39.2 Å². The van der Waals surface area contributed by atoms with Gasteiger partial charge in [-0.1, -0.05) is 6.08 Å². The highest BCUT2D eigenvalue weighted by Gasteiger charge is 2.10. The van der Waals surface area contributed by atoms with Gasteiger partial charge < -0.3 is 19.5 Å². The normalized spacial score (nSPS) is 10.0. The Bertz CT molecular complexity index is 532. The van der Waals surface area contributed by atoms with Crippen molar-refractivity contribution in [2.45, 2.75) is 0 Å². The molecule has 0 atom stereocenters. The molecule has 114 valence electrons. The summed E-state index contributed by atoms with van der Waals surface area (Å²) in [7, 11) is 4.70. The van der Waals surface area contributed by atoms with Crippen molar-refractivity contribution in [3.63, 3.8) is 0 Å². The first kappa shape index (κ1) is 16.8. The minimum atomic E-state index is 0.408. The highest BCUT2D eigenvalue weighted by molar-refractivity contribution is 7.80. The summed E-state index contributed by atoms with van der Waals surface area (Å²) in [5.41, 5.74) is 3.43. The second-order valence-electron chi connectivity index (χ2n) is 3.82. The van der Waals surface area contributed by atoms with Crippen LogP contribution in [0.2, 0.25) is 0 Å². The van der Waals surface area contributed by atoms with Gasteiger partial charge in [0, 0.05) is 18.2 Å². The zero-order valence-corrected chi connectivity index (χ0v) is 13.1. The molecule has 0 saturated heterocycles. The molecule has 0 aromatic heterocycles. The maximum atomic E-state index is 5.29. The van der Waals surface area contributed by atoms with Gasteiger partial charge in [0.1, 0.15) is 5.75 Å². The van der Waals surface area contributed by atoms with E-state index in [0.29, 0.717) is 28.9 Å². The fraction of sp³-hybridized carbons (Fsp3) is 0.286. The largest absolute Gasteiger partial charge is 0.496 e. The van der Waals surface area contributed by atoms with Crippen molar-refractivity contribution < 1.29 is 14.2 Å². The van der Waals surface area contributed by atoms with Crippen LogP contribution < -0.4 is 25.0 Å². The number of benzene rings is 1. The van der Waals surface area contributed by atoms with Gasteiger partial charge in [0.2, 0.25) is 0 Å². The van der Waals surface area contributed by atoms with Crippen LogP contribution in [0.5, 0.6) is 17.2 Å². The molecule has 0 aliphatic heterocycles. The third kappa shape index (κ3) is 4.96. The number of methoxy groups -OCH3 is 3. The van der Waals surface area contributed by atoms with E-state index in [-0.39, 0.29) is 0 Å². The van der Waals surface area contributed by atoms with E-state index < -0.39 is 0 Å². The lowest BCUT2D eigenvalue weighted by Gasteiger charge is -2.11. The predicted molar refractivity (Wildman–Crippen MR) is 87.6 cm³/mol. The summed E-state index contributed by atoms with van der Waals surface area (Å²) in [5.74, 6) is 1.79. The predicted octanol–water partition coefficient (Wildman–Crippen LogP) is 1.70. The van der Waals surface area contributed by atoms with Crippen molar-refractivity contribution in [3.05, 3.63) is 30.4 Å². The smallest absolute Gasteiger partial charge is 0.187 e. The van der Waals surface area contributed by atoms with Crippen LogP contribution in [0.15, 0.2) is 29.9 Å². The Balaban J connectivity index is 2.86. The van der Waals surface area contributed by atoms with Gasteiger partial charge in [-0.25, -0.2) is 0 Å². The van der Waals surface area contributed by atoms with E-state index in [1.54, 1.807) is 45.8 Å². The monoisotopic (exact) mass is 309 g/mol. The third-order valence-corrected chi connectivity index (χ3v) is 2.75. The standard InChI is InChI=1S/C14H19N3O3S/c1-5-6-15-14(21)17-16-9-10-7-12(19-3)13(20-4)8-11(10)18-2/h5,7-9H,1,6H2,2-4H3,(H2,15,17,21)/b16-9+. The number of thiocarbonyl (C=S) groups is 1. The van der Waals surface area contributed by atoms with Gasteiger partial charge in [0.05, 0.1) is 27.5 Å². The summed E-state index contributed by atoms with van der Waals surface area (Å²) in [6.45, 7) is 4.16. The number of hydrogen-bond donors (Lipinski definition) is 2. The molecule has 1 rings (SSSR count). The number of nitrogens with zero attached hydrogens (tertiary/aromatic N) is 1. The Labute approximate surface area is 129 Å². The van der Waals surface area contributed by atoms with Crippen LogP contribution in [0.25, 0.3) is 0 Å². The van der Waals surface area contributed by atoms with Gasteiger partial charge >= 0.3 is 0 Å². The van der Waals surface area contributed by atoms with E-state index in [0.717, 1.165) is 5.56 Å². The molecule has 0 fully saturated rings. The van der Waals surface area contributed by atoms with E-state index in [9.17, 15) is 0 Å². The van der Waals surface area contributed by atoms with Gasteiger partial charge in [0.15, 0.2) is 16.6 Å². The quantitative estimate of drug-likeness (QED) is 0.346. The van der Waals surface area contributed by atoms with Gasteiger partial charge in [-0.15, -0.1) is 6.58 Å². The topological polar surface area (TPSA) is 64.1 Å². The maximum Gasteiger partial charge on any atom is 0.187 e. The molecule has 21 heavy (non-hydrogen) atoms. The van der Waals surface area contributed by atoms with Crippen molar-refractivity contribution in [2.24, 2.45) is 5.10 Å². The molecular weight excluding hydrogens is 290 g/mol. The maximum absolute atomic E-state index is 5.29. The first-order valence-corrected chi connectivity index (χ1v) is 6.54. The van der Waals surface area contributed by atoms with Gasteiger partial charge in [-0.3, -0.25) is 5.43 Å². The second kappa shape index (κ2) is 8.80. The van der Waals surface area contributed by atoms with Crippen LogP contribution in [0.3, 0.4) is 0 Å². The SMILES string of the molecule is C=CCNC(=S)N/N=C/c1cc(OC)c(OC)cc1OC. The molecule has 2 N–H and O–H groups in total. The zero-order valence-electron chi connectivity index (χ0n) is 12.3. The molecule has 7 heteroatoms. The molecular formula is C14H19N3O3S. The lowest BCUT2D eigenvalue weighted by Crippen LogP contribution is -2.31. The molecule has 6 nitrogen and oxygen atoms in total. The van der Waals surface area contributed by atoms with E-state index in [1.807, 2.05) is 0 Å². The Kier molecular flexibility index (Phi) is 7.03. The average Bonchev–Trinajstić information content (AvgIpc) is 2.52. The average molecular weight is 309 g/mol. The minimum absolute atomic E-state index is 0.408. The first-order chi connectivity index (χ1) is 10.2. The molecule has 0 saturated carbocycles. The van der Waals surface area contributed by atoms with Gasteiger partial charge in [-0.05, 0) is 18.3 Å². The lowest BCUT2D eigenvalue weighted by atomic mass is 10.2. The number of rotatable bonds is 7. The summed E-state index contributed by atoms with van der Waals surface area (Å²) < 4.78 is 15.8. The Morgan fingerprint density at radius 3 is 2.38 bits per heavy atom. The second-order valence-corrected chi connectivity index (χ2v) is 4.23. The third-order valence-electron chi connectivity index (χ3n) is 2.51. The van der Waals surface area contributed by atoms with E-state index in [1.165, 1.54) is 0 Å². The van der Waals surface area contributed by atoms with Crippen molar-refractivity contribution in [1.29, 1.82) is 0 Å².